The average molecular weight is 383 g/mol. The van der Waals surface area contributed by atoms with Gasteiger partial charge in [0.05, 0.1) is 18.1 Å². The van der Waals surface area contributed by atoms with Gasteiger partial charge in [0.15, 0.2) is 0 Å². The molecule has 27 heavy (non-hydrogen) atoms. The Morgan fingerprint density at radius 2 is 1.74 bits per heavy atom. The standard InChI is InChI=1S/C19H21N5O2S/c1-24(2)16-9-5-7-14(11-16)18-19(20)21-12-17(22-18)13-6-4-8-15(10-13)23-27(3,25)26/h4-12,23H,1-3H3,(H2,20,21). The molecule has 140 valence electrons. The highest BCUT2D eigenvalue weighted by Gasteiger charge is 2.11. The van der Waals surface area contributed by atoms with Gasteiger partial charge in [-0.1, -0.05) is 24.3 Å². The highest BCUT2D eigenvalue weighted by Crippen LogP contribution is 2.29. The Hall–Kier alpha value is -3.13. The van der Waals surface area contributed by atoms with Gasteiger partial charge in [-0.2, -0.15) is 0 Å². The number of nitrogens with two attached hydrogens (primary N) is 1. The third kappa shape index (κ3) is 4.53. The predicted molar refractivity (Wildman–Crippen MR) is 110 cm³/mol. The topological polar surface area (TPSA) is 101 Å². The quantitative estimate of drug-likeness (QED) is 0.702. The molecule has 2 aromatic carbocycles. The summed E-state index contributed by atoms with van der Waals surface area (Å²) in [7, 11) is 0.569. The molecule has 3 aromatic rings. The lowest BCUT2D eigenvalue weighted by Crippen LogP contribution is -2.09. The number of nitrogen functional groups attached to an aromatic ring is 1. The summed E-state index contributed by atoms with van der Waals surface area (Å²) in [6.45, 7) is 0. The van der Waals surface area contributed by atoms with Crippen molar-refractivity contribution >= 4 is 27.2 Å². The third-order valence-electron chi connectivity index (χ3n) is 3.90. The molecule has 3 N–H and O–H groups in total. The fraction of sp³-hybridized carbons (Fsp3) is 0.158. The molecule has 0 amide bonds. The molecular formula is C19H21N5O2S. The first kappa shape index (κ1) is 18.7. The smallest absolute Gasteiger partial charge is 0.229 e. The molecule has 0 fully saturated rings. The largest absolute Gasteiger partial charge is 0.382 e. The van der Waals surface area contributed by atoms with Crippen LogP contribution in [0.5, 0.6) is 0 Å². The number of hydrogen-bond donors (Lipinski definition) is 2. The van der Waals surface area contributed by atoms with Crippen molar-refractivity contribution in [1.82, 2.24) is 9.97 Å². The predicted octanol–water partition coefficient (Wildman–Crippen LogP) is 2.83. The van der Waals surface area contributed by atoms with Gasteiger partial charge in [-0.15, -0.1) is 0 Å². The fourth-order valence-corrected chi connectivity index (χ4v) is 3.19. The van der Waals surface area contributed by atoms with E-state index in [1.165, 1.54) is 0 Å². The minimum absolute atomic E-state index is 0.333. The van der Waals surface area contributed by atoms with Crippen molar-refractivity contribution in [2.45, 2.75) is 0 Å². The Balaban J connectivity index is 2.04. The fourth-order valence-electron chi connectivity index (χ4n) is 2.64. The van der Waals surface area contributed by atoms with Crippen molar-refractivity contribution in [2.75, 3.05) is 35.7 Å². The number of rotatable bonds is 5. The summed E-state index contributed by atoms with van der Waals surface area (Å²) >= 11 is 0. The molecule has 0 saturated heterocycles. The molecule has 0 aliphatic carbocycles. The van der Waals surface area contributed by atoms with Crippen molar-refractivity contribution in [3.05, 3.63) is 54.7 Å². The number of anilines is 3. The van der Waals surface area contributed by atoms with Crippen LogP contribution in [0.15, 0.2) is 54.7 Å². The summed E-state index contributed by atoms with van der Waals surface area (Å²) in [4.78, 5) is 10.9. The Morgan fingerprint density at radius 1 is 1.04 bits per heavy atom. The van der Waals surface area contributed by atoms with Gasteiger partial charge in [-0.3, -0.25) is 4.72 Å². The molecular weight excluding hydrogens is 362 g/mol. The van der Waals surface area contributed by atoms with E-state index >= 15 is 0 Å². The van der Waals surface area contributed by atoms with Gasteiger partial charge in [0.25, 0.3) is 0 Å². The van der Waals surface area contributed by atoms with E-state index in [1.807, 2.05) is 49.3 Å². The molecule has 8 heteroatoms. The van der Waals surface area contributed by atoms with Crippen LogP contribution in [0.4, 0.5) is 17.2 Å². The Morgan fingerprint density at radius 3 is 2.44 bits per heavy atom. The van der Waals surface area contributed by atoms with E-state index in [-0.39, 0.29) is 0 Å². The number of nitrogens with zero attached hydrogens (tertiary/aromatic N) is 3. The van der Waals surface area contributed by atoms with E-state index in [9.17, 15) is 8.42 Å². The number of benzene rings is 2. The molecule has 0 bridgehead atoms. The molecule has 0 saturated carbocycles. The number of aromatic nitrogens is 2. The van der Waals surface area contributed by atoms with Crippen LogP contribution in [0.2, 0.25) is 0 Å². The Kier molecular flexibility index (Phi) is 5.00. The summed E-state index contributed by atoms with van der Waals surface area (Å²) in [5.74, 6) is 0.333. The van der Waals surface area contributed by atoms with Gasteiger partial charge < -0.3 is 10.6 Å². The number of sulfonamides is 1. The summed E-state index contributed by atoms with van der Waals surface area (Å²) in [5, 5.41) is 0. The molecule has 0 unspecified atom stereocenters. The lowest BCUT2D eigenvalue weighted by Gasteiger charge is -2.14. The molecule has 0 aliphatic rings. The van der Waals surface area contributed by atoms with Crippen LogP contribution in [0.3, 0.4) is 0 Å². The van der Waals surface area contributed by atoms with Gasteiger partial charge in [0.1, 0.15) is 11.5 Å². The van der Waals surface area contributed by atoms with E-state index in [2.05, 4.69) is 14.7 Å². The van der Waals surface area contributed by atoms with Crippen LogP contribution in [0.25, 0.3) is 22.5 Å². The van der Waals surface area contributed by atoms with Crippen molar-refractivity contribution in [3.63, 3.8) is 0 Å². The van der Waals surface area contributed by atoms with Crippen LogP contribution in [-0.4, -0.2) is 38.7 Å². The van der Waals surface area contributed by atoms with Crippen LogP contribution in [-0.2, 0) is 10.0 Å². The maximum atomic E-state index is 11.5. The minimum atomic E-state index is -3.36. The van der Waals surface area contributed by atoms with Crippen molar-refractivity contribution in [1.29, 1.82) is 0 Å². The second-order valence-corrected chi connectivity index (χ2v) is 8.14. The highest BCUT2D eigenvalue weighted by atomic mass is 32.2. The zero-order valence-corrected chi connectivity index (χ0v) is 16.2. The SMILES string of the molecule is CN(C)c1cccc(-c2nc(-c3cccc(NS(C)(=O)=O)c3)cnc2N)c1. The Labute approximate surface area is 158 Å². The minimum Gasteiger partial charge on any atom is -0.382 e. The van der Waals surface area contributed by atoms with Gasteiger partial charge in [0.2, 0.25) is 10.0 Å². The third-order valence-corrected chi connectivity index (χ3v) is 4.50. The van der Waals surface area contributed by atoms with Crippen LogP contribution in [0.1, 0.15) is 0 Å². The van der Waals surface area contributed by atoms with Crippen LogP contribution >= 0.6 is 0 Å². The van der Waals surface area contributed by atoms with E-state index in [0.29, 0.717) is 22.9 Å². The molecule has 0 atom stereocenters. The zero-order chi connectivity index (χ0) is 19.6. The first-order valence-electron chi connectivity index (χ1n) is 8.21. The van der Waals surface area contributed by atoms with E-state index in [1.54, 1.807) is 24.4 Å². The van der Waals surface area contributed by atoms with Gasteiger partial charge in [-0.25, -0.2) is 18.4 Å². The molecule has 3 rings (SSSR count). The lowest BCUT2D eigenvalue weighted by molar-refractivity contribution is 0.607. The van der Waals surface area contributed by atoms with Crippen molar-refractivity contribution in [3.8, 4) is 22.5 Å². The molecule has 1 heterocycles. The normalized spacial score (nSPS) is 11.2. The van der Waals surface area contributed by atoms with Crippen molar-refractivity contribution < 1.29 is 8.42 Å². The van der Waals surface area contributed by atoms with E-state index in [0.717, 1.165) is 23.1 Å². The van der Waals surface area contributed by atoms with Gasteiger partial charge in [-0.05, 0) is 24.3 Å². The first-order valence-corrected chi connectivity index (χ1v) is 10.1. The van der Waals surface area contributed by atoms with Gasteiger partial charge >= 0.3 is 0 Å². The van der Waals surface area contributed by atoms with E-state index < -0.39 is 10.0 Å². The first-order chi connectivity index (χ1) is 12.7. The maximum absolute atomic E-state index is 11.5. The summed E-state index contributed by atoms with van der Waals surface area (Å²) in [5.41, 5.74) is 10.3. The lowest BCUT2D eigenvalue weighted by atomic mass is 10.1. The summed E-state index contributed by atoms with van der Waals surface area (Å²) in [6.07, 6.45) is 2.69. The zero-order valence-electron chi connectivity index (χ0n) is 15.3. The molecule has 0 radical (unpaired) electrons. The van der Waals surface area contributed by atoms with Gasteiger partial charge in [0, 0.05) is 36.6 Å². The van der Waals surface area contributed by atoms with Crippen molar-refractivity contribution in [2.24, 2.45) is 0 Å². The second-order valence-electron chi connectivity index (χ2n) is 6.39. The average Bonchev–Trinajstić information content (AvgIpc) is 2.61. The van der Waals surface area contributed by atoms with Crippen LogP contribution in [0, 0.1) is 0 Å². The van der Waals surface area contributed by atoms with E-state index in [4.69, 9.17) is 5.73 Å². The molecule has 1 aromatic heterocycles. The summed E-state index contributed by atoms with van der Waals surface area (Å²) < 4.78 is 25.4. The maximum Gasteiger partial charge on any atom is 0.229 e. The molecule has 0 spiro atoms. The highest BCUT2D eigenvalue weighted by molar-refractivity contribution is 7.92. The number of nitrogens with one attached hydrogen (secondary N) is 1. The second kappa shape index (κ2) is 7.24. The Bertz CT molecular complexity index is 1080. The molecule has 7 nitrogen and oxygen atoms in total. The molecule has 0 aliphatic heterocycles. The summed E-state index contributed by atoms with van der Waals surface area (Å²) in [6, 6.07) is 14.8. The van der Waals surface area contributed by atoms with Crippen LogP contribution < -0.4 is 15.4 Å². The monoisotopic (exact) mass is 383 g/mol. The number of hydrogen-bond acceptors (Lipinski definition) is 6.